The quantitative estimate of drug-likeness (QED) is 0.0201. The molecular weight excluding hydrogens is 783 g/mol. The number of hydrogen-bond donors (Lipinski definition) is 4. The van der Waals surface area contributed by atoms with Crippen LogP contribution in [0.5, 0.6) is 0 Å². The Hall–Kier alpha value is -3.41. The smallest absolute Gasteiger partial charge is 0.462 e. The van der Waals surface area contributed by atoms with Crippen molar-refractivity contribution in [3.63, 3.8) is 0 Å². The van der Waals surface area contributed by atoms with E-state index >= 15 is 0 Å². The first-order chi connectivity index (χ1) is 29.1. The Morgan fingerprint density at radius 2 is 0.983 bits per heavy atom. The summed E-state index contributed by atoms with van der Waals surface area (Å²) in [6.07, 6.45) is 50.5. The molecule has 0 aromatic heterocycles. The van der Waals surface area contributed by atoms with Gasteiger partial charge in [-0.3, -0.25) is 18.6 Å². The van der Waals surface area contributed by atoms with Gasteiger partial charge >= 0.3 is 19.8 Å². The number of carbonyl (C=O) groups is 2. The number of esters is 2. The first-order valence-electron chi connectivity index (χ1n) is 21.9. The number of hydrogen-bond acceptors (Lipinski definition) is 10. The molecule has 0 fully saturated rings. The predicted octanol–water partition coefficient (Wildman–Crippen LogP) is 10.7. The summed E-state index contributed by atoms with van der Waals surface area (Å²) in [5.41, 5.74) is 0. The van der Waals surface area contributed by atoms with Gasteiger partial charge in [0.2, 0.25) is 0 Å². The van der Waals surface area contributed by atoms with Crippen molar-refractivity contribution in [2.75, 3.05) is 26.4 Å². The summed E-state index contributed by atoms with van der Waals surface area (Å²) in [6, 6.07) is 0. The lowest BCUT2D eigenvalue weighted by Gasteiger charge is -2.20. The molecule has 0 aliphatic carbocycles. The highest BCUT2D eigenvalue weighted by Gasteiger charge is 2.27. The Morgan fingerprint density at radius 1 is 0.550 bits per heavy atom. The van der Waals surface area contributed by atoms with Crippen molar-refractivity contribution in [2.45, 2.75) is 154 Å². The summed E-state index contributed by atoms with van der Waals surface area (Å²) in [4.78, 5) is 35.0. The molecule has 0 amide bonds. The molecule has 0 saturated heterocycles. The van der Waals surface area contributed by atoms with Crippen LogP contribution in [0.25, 0.3) is 0 Å². The van der Waals surface area contributed by atoms with Gasteiger partial charge in [0, 0.05) is 12.8 Å². The first kappa shape index (κ1) is 56.6. The molecule has 0 heterocycles. The van der Waals surface area contributed by atoms with Gasteiger partial charge in [-0.1, -0.05) is 123 Å². The Labute approximate surface area is 361 Å². The third-order valence-corrected chi connectivity index (χ3v) is 9.38. The van der Waals surface area contributed by atoms with Gasteiger partial charge in [-0.15, -0.1) is 0 Å². The van der Waals surface area contributed by atoms with Gasteiger partial charge in [-0.2, -0.15) is 0 Å². The average molecular weight is 861 g/mol. The molecule has 4 atom stereocenters. The number of aliphatic hydroxyl groups is 3. The highest BCUT2D eigenvalue weighted by Crippen LogP contribution is 2.43. The highest BCUT2D eigenvalue weighted by molar-refractivity contribution is 7.47. The van der Waals surface area contributed by atoms with Crippen molar-refractivity contribution in [2.24, 2.45) is 0 Å². The minimum absolute atomic E-state index is 0.0816. The number of phosphoric ester groups is 1. The van der Waals surface area contributed by atoms with E-state index in [1.54, 1.807) is 0 Å². The number of unbranched alkanes of at least 4 members (excludes halogenated alkanes) is 5. The predicted molar refractivity (Wildman–Crippen MR) is 243 cm³/mol. The number of carbonyl (C=O) groups excluding carboxylic acids is 2. The molecular formula is C48H77O11P. The maximum atomic E-state index is 12.6. The third kappa shape index (κ3) is 42.7. The van der Waals surface area contributed by atoms with Crippen molar-refractivity contribution in [3.05, 3.63) is 109 Å². The van der Waals surface area contributed by atoms with Crippen molar-refractivity contribution < 1.29 is 52.9 Å². The van der Waals surface area contributed by atoms with Gasteiger partial charge in [-0.25, -0.2) is 4.57 Å². The van der Waals surface area contributed by atoms with E-state index in [1.165, 1.54) is 0 Å². The lowest BCUT2D eigenvalue weighted by Crippen LogP contribution is -2.29. The largest absolute Gasteiger partial charge is 0.472 e. The normalized spacial score (nSPS) is 15.4. The zero-order chi connectivity index (χ0) is 44.2. The van der Waals surface area contributed by atoms with E-state index in [9.17, 15) is 29.3 Å². The van der Waals surface area contributed by atoms with Crippen LogP contribution in [0.4, 0.5) is 0 Å². The van der Waals surface area contributed by atoms with Crippen LogP contribution in [0.15, 0.2) is 109 Å². The zero-order valence-corrected chi connectivity index (χ0v) is 37.4. The SMILES string of the molecule is CC/C=C\C/C=C\C/C=C\C/C=C\C/C=C\CCCCCC(=O)OC[C@H](COP(=O)(O)OC[C@@H](O)CO)OC(=O)CCC/C=C\C/C=C\C/C=C\C/C=C\CCC[C@H](C)O. The minimum Gasteiger partial charge on any atom is -0.462 e. The Balaban J connectivity index is 4.48. The molecule has 0 aliphatic rings. The minimum atomic E-state index is -4.66. The van der Waals surface area contributed by atoms with Crippen LogP contribution in [0.1, 0.15) is 136 Å². The van der Waals surface area contributed by atoms with Crippen LogP contribution in [-0.2, 0) is 32.7 Å². The number of phosphoric acid groups is 1. The Morgan fingerprint density at radius 3 is 1.47 bits per heavy atom. The standard InChI is InChI=1S/C48H77O11P/c1-3-4-5-6-7-8-9-10-11-12-13-14-17-20-23-26-29-32-35-38-47(52)56-42-46(43-58-60(54,55)57-41-45(51)40-49)59-48(53)39-36-33-30-27-24-21-18-15-16-19-22-25-28-31-34-37-44(2)50/h4-5,7-8,10-11,13-14,16,18-21,23,25,27-28,30,44-46,49-51H,3,6,9,12,15,17,22,24,26,29,31-43H2,1-2H3,(H,54,55)/b5-4-,8-7-,11-10-,14-13-,19-16-,21-18-,23-20-,28-25-,30-27-/t44-,45-,46+/m0/s1. The number of ether oxygens (including phenoxy) is 2. The van der Waals surface area contributed by atoms with Crippen molar-refractivity contribution in [1.82, 2.24) is 0 Å². The van der Waals surface area contributed by atoms with Crippen LogP contribution in [0, 0.1) is 0 Å². The van der Waals surface area contributed by atoms with E-state index in [-0.39, 0.29) is 25.6 Å². The number of allylic oxidation sites excluding steroid dienone is 18. The van der Waals surface area contributed by atoms with Gasteiger partial charge in [0.05, 0.1) is 25.9 Å². The fourth-order valence-corrected chi connectivity index (χ4v) is 5.88. The summed E-state index contributed by atoms with van der Waals surface area (Å²) < 4.78 is 32.6. The van der Waals surface area contributed by atoms with Crippen LogP contribution >= 0.6 is 7.82 Å². The molecule has 1 unspecified atom stereocenters. The van der Waals surface area contributed by atoms with E-state index in [2.05, 4.69) is 109 Å². The van der Waals surface area contributed by atoms with Gasteiger partial charge < -0.3 is 29.7 Å². The summed E-state index contributed by atoms with van der Waals surface area (Å²) in [7, 11) is -4.66. The van der Waals surface area contributed by atoms with E-state index in [1.807, 2.05) is 19.1 Å². The fourth-order valence-electron chi connectivity index (χ4n) is 5.09. The molecule has 12 heteroatoms. The average Bonchev–Trinajstić information content (AvgIpc) is 3.22. The monoisotopic (exact) mass is 861 g/mol. The maximum absolute atomic E-state index is 12.6. The molecule has 0 radical (unpaired) electrons. The summed E-state index contributed by atoms with van der Waals surface area (Å²) in [5, 5.41) is 27.6. The van der Waals surface area contributed by atoms with E-state index < -0.39 is 51.8 Å². The van der Waals surface area contributed by atoms with Crippen molar-refractivity contribution >= 4 is 19.8 Å². The van der Waals surface area contributed by atoms with Crippen LogP contribution in [-0.4, -0.2) is 76.9 Å². The van der Waals surface area contributed by atoms with E-state index in [0.717, 1.165) is 89.9 Å². The molecule has 0 saturated carbocycles. The van der Waals surface area contributed by atoms with Crippen molar-refractivity contribution in [1.29, 1.82) is 0 Å². The highest BCUT2D eigenvalue weighted by atomic mass is 31.2. The third-order valence-electron chi connectivity index (χ3n) is 8.43. The molecule has 0 bridgehead atoms. The molecule has 11 nitrogen and oxygen atoms in total. The molecule has 0 aliphatic heterocycles. The lowest BCUT2D eigenvalue weighted by molar-refractivity contribution is -0.161. The first-order valence-corrected chi connectivity index (χ1v) is 23.4. The molecule has 340 valence electrons. The lowest BCUT2D eigenvalue weighted by atomic mass is 10.1. The van der Waals surface area contributed by atoms with Gasteiger partial charge in [0.15, 0.2) is 6.10 Å². The van der Waals surface area contributed by atoms with Gasteiger partial charge in [0.25, 0.3) is 0 Å². The van der Waals surface area contributed by atoms with Crippen LogP contribution < -0.4 is 0 Å². The summed E-state index contributed by atoms with van der Waals surface area (Å²) >= 11 is 0. The van der Waals surface area contributed by atoms with Crippen LogP contribution in [0.2, 0.25) is 0 Å². The Bertz CT molecular complexity index is 1370. The topological polar surface area (TPSA) is 169 Å². The zero-order valence-electron chi connectivity index (χ0n) is 36.5. The molecule has 60 heavy (non-hydrogen) atoms. The second-order valence-electron chi connectivity index (χ2n) is 14.3. The number of aliphatic hydroxyl groups excluding tert-OH is 3. The summed E-state index contributed by atoms with van der Waals surface area (Å²) in [5.74, 6) is -1.06. The molecule has 0 rings (SSSR count). The van der Waals surface area contributed by atoms with E-state index in [0.29, 0.717) is 19.3 Å². The van der Waals surface area contributed by atoms with Gasteiger partial charge in [-0.05, 0) is 110 Å². The summed E-state index contributed by atoms with van der Waals surface area (Å²) in [6.45, 7) is 1.68. The number of rotatable bonds is 39. The molecule has 0 aromatic rings. The van der Waals surface area contributed by atoms with E-state index in [4.69, 9.17) is 19.1 Å². The maximum Gasteiger partial charge on any atom is 0.472 e. The van der Waals surface area contributed by atoms with Crippen LogP contribution in [0.3, 0.4) is 0 Å². The molecule has 0 spiro atoms. The second kappa shape index (κ2) is 42.3. The van der Waals surface area contributed by atoms with Crippen molar-refractivity contribution in [3.8, 4) is 0 Å². The molecule has 4 N–H and O–H groups in total. The Kier molecular flexibility index (Phi) is 39.9. The van der Waals surface area contributed by atoms with Gasteiger partial charge in [0.1, 0.15) is 12.7 Å². The second-order valence-corrected chi connectivity index (χ2v) is 15.7. The fraction of sp³-hybridized carbons (Fsp3) is 0.583. The molecule has 0 aromatic carbocycles.